The minimum atomic E-state index is -0.324. The lowest BCUT2D eigenvalue weighted by Gasteiger charge is -2.25. The number of rotatable bonds is 8. The Hall–Kier alpha value is -2.04. The third kappa shape index (κ3) is 5.72. The van der Waals surface area contributed by atoms with E-state index in [1.54, 1.807) is 0 Å². The zero-order chi connectivity index (χ0) is 18.2. The van der Waals surface area contributed by atoms with Crippen LogP contribution in [0.1, 0.15) is 36.8 Å². The van der Waals surface area contributed by atoms with E-state index in [2.05, 4.69) is 29.6 Å². The number of nitrogens with one attached hydrogen (secondary N) is 1. The Kier molecular flexibility index (Phi) is 8.14. The van der Waals surface area contributed by atoms with Crippen molar-refractivity contribution in [3.8, 4) is 5.75 Å². The summed E-state index contributed by atoms with van der Waals surface area (Å²) in [6.45, 7) is 1.66. The monoisotopic (exact) mass is 388 g/mol. The van der Waals surface area contributed by atoms with E-state index in [1.165, 1.54) is 5.56 Å². The predicted molar refractivity (Wildman–Crippen MR) is 111 cm³/mol. The Morgan fingerprint density at radius 1 is 1.00 bits per heavy atom. The summed E-state index contributed by atoms with van der Waals surface area (Å²) in [4.78, 5) is 12.5. The molecular weight excluding hydrogens is 360 g/mol. The molecule has 5 heteroatoms. The Morgan fingerprint density at radius 3 is 2.30 bits per heavy atom. The summed E-state index contributed by atoms with van der Waals surface area (Å²) in [5.74, 6) is 0.981. The van der Waals surface area contributed by atoms with Gasteiger partial charge in [-0.05, 0) is 42.5 Å². The highest BCUT2D eigenvalue weighted by molar-refractivity contribution is 5.85. The lowest BCUT2D eigenvalue weighted by atomic mass is 9.85. The second kappa shape index (κ2) is 10.3. The molecule has 0 aromatic heterocycles. The molecule has 2 aromatic rings. The van der Waals surface area contributed by atoms with Crippen LogP contribution in [0.3, 0.4) is 0 Å². The summed E-state index contributed by atoms with van der Waals surface area (Å²) in [7, 11) is 0. The number of hydrogen-bond acceptors (Lipinski definition) is 3. The SMILES string of the molecule is Cl.NCC1(C(=O)NCCc2ccc(OCc3ccccc3)cc2)CCCC1. The van der Waals surface area contributed by atoms with Crippen LogP contribution < -0.4 is 15.8 Å². The molecule has 27 heavy (non-hydrogen) atoms. The van der Waals surface area contributed by atoms with Gasteiger partial charge in [-0.25, -0.2) is 0 Å². The second-order valence-electron chi connectivity index (χ2n) is 7.12. The summed E-state index contributed by atoms with van der Waals surface area (Å²) in [5.41, 5.74) is 7.88. The highest BCUT2D eigenvalue weighted by Gasteiger charge is 2.39. The third-order valence-electron chi connectivity index (χ3n) is 5.30. The minimum absolute atomic E-state index is 0. The first-order valence-corrected chi connectivity index (χ1v) is 9.46. The number of amides is 1. The molecule has 0 heterocycles. The molecule has 3 rings (SSSR count). The van der Waals surface area contributed by atoms with Gasteiger partial charge in [0.15, 0.2) is 0 Å². The lowest BCUT2D eigenvalue weighted by molar-refractivity contribution is -0.130. The average molecular weight is 389 g/mol. The molecule has 3 N–H and O–H groups in total. The highest BCUT2D eigenvalue weighted by Crippen LogP contribution is 2.37. The summed E-state index contributed by atoms with van der Waals surface area (Å²) >= 11 is 0. The average Bonchev–Trinajstić information content (AvgIpc) is 3.18. The van der Waals surface area contributed by atoms with Crippen LogP contribution in [-0.2, 0) is 17.8 Å². The number of hydrogen-bond donors (Lipinski definition) is 2. The van der Waals surface area contributed by atoms with E-state index >= 15 is 0 Å². The number of halogens is 1. The van der Waals surface area contributed by atoms with Gasteiger partial charge in [0.05, 0.1) is 5.41 Å². The van der Waals surface area contributed by atoms with E-state index in [4.69, 9.17) is 10.5 Å². The van der Waals surface area contributed by atoms with E-state index in [-0.39, 0.29) is 23.7 Å². The number of ether oxygens (including phenoxy) is 1. The van der Waals surface area contributed by atoms with Gasteiger partial charge < -0.3 is 15.8 Å². The normalized spacial score (nSPS) is 15.0. The lowest BCUT2D eigenvalue weighted by Crippen LogP contribution is -2.44. The van der Waals surface area contributed by atoms with E-state index in [9.17, 15) is 4.79 Å². The molecule has 0 saturated heterocycles. The van der Waals surface area contributed by atoms with Crippen molar-refractivity contribution >= 4 is 18.3 Å². The van der Waals surface area contributed by atoms with Gasteiger partial charge in [-0.3, -0.25) is 4.79 Å². The molecule has 1 amide bonds. The summed E-state index contributed by atoms with van der Waals surface area (Å²) in [5, 5.41) is 3.08. The molecule has 0 spiro atoms. The van der Waals surface area contributed by atoms with E-state index < -0.39 is 0 Å². The van der Waals surface area contributed by atoms with Crippen LogP contribution in [0.2, 0.25) is 0 Å². The Bertz CT molecular complexity index is 698. The van der Waals surface area contributed by atoms with Crippen LogP contribution >= 0.6 is 12.4 Å². The number of nitrogens with two attached hydrogens (primary N) is 1. The van der Waals surface area contributed by atoms with Crippen LogP contribution in [0.5, 0.6) is 5.75 Å². The number of benzene rings is 2. The van der Waals surface area contributed by atoms with Gasteiger partial charge in [-0.15, -0.1) is 12.4 Å². The third-order valence-corrected chi connectivity index (χ3v) is 5.30. The predicted octanol–water partition coefficient (Wildman–Crippen LogP) is 3.87. The van der Waals surface area contributed by atoms with Crippen molar-refractivity contribution in [2.75, 3.05) is 13.1 Å². The topological polar surface area (TPSA) is 64.4 Å². The number of carbonyl (C=O) groups is 1. The smallest absolute Gasteiger partial charge is 0.227 e. The molecule has 0 radical (unpaired) electrons. The van der Waals surface area contributed by atoms with Crippen molar-refractivity contribution in [2.24, 2.45) is 11.1 Å². The molecule has 1 fully saturated rings. The van der Waals surface area contributed by atoms with Crippen molar-refractivity contribution in [2.45, 2.75) is 38.7 Å². The Labute approximate surface area is 167 Å². The van der Waals surface area contributed by atoms with Crippen LogP contribution in [0.15, 0.2) is 54.6 Å². The molecule has 146 valence electrons. The molecule has 0 bridgehead atoms. The fourth-order valence-corrected chi connectivity index (χ4v) is 3.58. The zero-order valence-corrected chi connectivity index (χ0v) is 16.5. The second-order valence-corrected chi connectivity index (χ2v) is 7.12. The van der Waals surface area contributed by atoms with E-state index in [0.29, 0.717) is 19.7 Å². The van der Waals surface area contributed by atoms with Gasteiger partial charge in [0.2, 0.25) is 5.91 Å². The molecule has 0 aliphatic heterocycles. The molecule has 1 aliphatic rings. The molecule has 2 aromatic carbocycles. The van der Waals surface area contributed by atoms with Crippen LogP contribution in [0.4, 0.5) is 0 Å². The van der Waals surface area contributed by atoms with Crippen LogP contribution in [0.25, 0.3) is 0 Å². The maximum absolute atomic E-state index is 12.5. The van der Waals surface area contributed by atoms with Gasteiger partial charge in [0.25, 0.3) is 0 Å². The van der Waals surface area contributed by atoms with Gasteiger partial charge in [0, 0.05) is 13.1 Å². The molecule has 0 unspecified atom stereocenters. The van der Waals surface area contributed by atoms with Gasteiger partial charge in [-0.1, -0.05) is 55.3 Å². The standard InChI is InChI=1S/C22H28N2O2.ClH/c23-17-22(13-4-5-14-22)21(25)24-15-12-18-8-10-20(11-9-18)26-16-19-6-2-1-3-7-19;/h1-3,6-11H,4-5,12-17,23H2,(H,24,25);1H. The first-order valence-electron chi connectivity index (χ1n) is 9.46. The summed E-state index contributed by atoms with van der Waals surface area (Å²) in [6.07, 6.45) is 4.86. The molecular formula is C22H29ClN2O2. The van der Waals surface area contributed by atoms with Crippen LogP contribution in [0, 0.1) is 5.41 Å². The van der Waals surface area contributed by atoms with E-state index in [0.717, 1.165) is 43.4 Å². The van der Waals surface area contributed by atoms with Crippen molar-refractivity contribution < 1.29 is 9.53 Å². The van der Waals surface area contributed by atoms with Crippen molar-refractivity contribution in [1.29, 1.82) is 0 Å². The van der Waals surface area contributed by atoms with Crippen molar-refractivity contribution in [3.05, 3.63) is 65.7 Å². The maximum atomic E-state index is 12.5. The van der Waals surface area contributed by atoms with E-state index in [1.807, 2.05) is 30.3 Å². The fourth-order valence-electron chi connectivity index (χ4n) is 3.58. The molecule has 1 aliphatic carbocycles. The van der Waals surface area contributed by atoms with Crippen LogP contribution in [-0.4, -0.2) is 19.0 Å². The van der Waals surface area contributed by atoms with Gasteiger partial charge >= 0.3 is 0 Å². The largest absolute Gasteiger partial charge is 0.489 e. The van der Waals surface area contributed by atoms with Crippen molar-refractivity contribution in [3.63, 3.8) is 0 Å². The summed E-state index contributed by atoms with van der Waals surface area (Å²) in [6, 6.07) is 18.2. The first kappa shape index (κ1) is 21.3. The summed E-state index contributed by atoms with van der Waals surface area (Å²) < 4.78 is 5.80. The Balaban J connectivity index is 0.00000261. The molecule has 0 atom stereocenters. The Morgan fingerprint density at radius 2 is 1.67 bits per heavy atom. The maximum Gasteiger partial charge on any atom is 0.227 e. The number of carbonyl (C=O) groups excluding carboxylic acids is 1. The van der Waals surface area contributed by atoms with Crippen molar-refractivity contribution in [1.82, 2.24) is 5.32 Å². The fraction of sp³-hybridized carbons (Fsp3) is 0.409. The molecule has 4 nitrogen and oxygen atoms in total. The molecule has 1 saturated carbocycles. The first-order chi connectivity index (χ1) is 12.7. The van der Waals surface area contributed by atoms with Gasteiger partial charge in [0.1, 0.15) is 12.4 Å². The van der Waals surface area contributed by atoms with Gasteiger partial charge in [-0.2, -0.15) is 0 Å². The zero-order valence-electron chi connectivity index (χ0n) is 15.7. The minimum Gasteiger partial charge on any atom is -0.489 e. The quantitative estimate of drug-likeness (QED) is 0.721. The highest BCUT2D eigenvalue weighted by atomic mass is 35.5.